The summed E-state index contributed by atoms with van der Waals surface area (Å²) in [5, 5.41) is 50.2. The third kappa shape index (κ3) is 6.14. The number of carboxylic acid groups (broad SMARTS) is 1. The number of rotatable bonds is 9. The summed E-state index contributed by atoms with van der Waals surface area (Å²) >= 11 is 2.18. The van der Waals surface area contributed by atoms with Crippen LogP contribution < -0.4 is 9.64 Å². The number of hydrogen-bond acceptors (Lipinski definition) is 8. The molecule has 5 N–H and O–H groups in total. The van der Waals surface area contributed by atoms with E-state index in [2.05, 4.69) is 22.6 Å². The van der Waals surface area contributed by atoms with Gasteiger partial charge in [-0.25, -0.2) is 9.18 Å². The Balaban J connectivity index is 1.34. The van der Waals surface area contributed by atoms with Crippen LogP contribution in [0, 0.1) is 15.3 Å². The largest absolute Gasteiger partial charge is 0.479 e. The zero-order valence-corrected chi connectivity index (χ0v) is 24.2. The van der Waals surface area contributed by atoms with Crippen molar-refractivity contribution in [1.29, 1.82) is 0 Å². The second kappa shape index (κ2) is 12.6. The molecule has 0 aliphatic carbocycles. The second-order valence-corrected chi connectivity index (χ2v) is 11.5. The number of nitrogens with zero attached hydrogens (tertiary/aromatic N) is 1. The summed E-state index contributed by atoms with van der Waals surface area (Å²) in [5.41, 5.74) is 2.04. The van der Waals surface area contributed by atoms with Crippen LogP contribution >= 0.6 is 22.6 Å². The number of hydrogen-bond donors (Lipinski definition) is 5. The zero-order valence-electron chi connectivity index (χ0n) is 22.0. The Morgan fingerprint density at radius 3 is 2.21 bits per heavy atom. The number of ether oxygens (including phenoxy) is 2. The van der Waals surface area contributed by atoms with E-state index in [1.807, 2.05) is 24.3 Å². The molecule has 2 saturated heterocycles. The van der Waals surface area contributed by atoms with E-state index in [4.69, 9.17) is 9.47 Å². The van der Waals surface area contributed by atoms with Gasteiger partial charge >= 0.3 is 5.97 Å². The van der Waals surface area contributed by atoms with Crippen LogP contribution in [0.2, 0.25) is 0 Å². The van der Waals surface area contributed by atoms with E-state index in [0.717, 1.165) is 9.13 Å². The minimum absolute atomic E-state index is 0.0983. The van der Waals surface area contributed by atoms with Crippen molar-refractivity contribution in [1.82, 2.24) is 0 Å². The van der Waals surface area contributed by atoms with E-state index >= 15 is 0 Å². The lowest BCUT2D eigenvalue weighted by atomic mass is 9.78. The molecular formula is C30H29FINO9. The smallest absolute Gasteiger partial charge is 0.335 e. The first-order chi connectivity index (χ1) is 20.0. The van der Waals surface area contributed by atoms with Crippen LogP contribution in [-0.4, -0.2) is 68.1 Å². The molecule has 2 fully saturated rings. The molecule has 0 spiro atoms. The van der Waals surface area contributed by atoms with E-state index in [9.17, 15) is 39.5 Å². The number of β-lactam (4-membered cyclic amide) rings is 1. The van der Waals surface area contributed by atoms with Gasteiger partial charge in [-0.15, -0.1) is 0 Å². The van der Waals surface area contributed by atoms with Crippen molar-refractivity contribution in [2.75, 3.05) is 4.90 Å². The molecule has 222 valence electrons. The number of aliphatic hydroxyl groups is 4. The number of aliphatic hydroxyl groups excluding tert-OH is 4. The second-order valence-electron chi connectivity index (χ2n) is 10.3. The monoisotopic (exact) mass is 693 g/mol. The average molecular weight is 693 g/mol. The molecule has 5 rings (SSSR count). The molecule has 2 aliphatic heterocycles. The molecular weight excluding hydrogens is 664 g/mol. The number of amides is 1. The highest BCUT2D eigenvalue weighted by molar-refractivity contribution is 14.1. The van der Waals surface area contributed by atoms with E-state index in [1.54, 1.807) is 29.2 Å². The van der Waals surface area contributed by atoms with Crippen LogP contribution in [0.1, 0.15) is 36.1 Å². The van der Waals surface area contributed by atoms with Crippen molar-refractivity contribution in [2.24, 2.45) is 5.92 Å². The molecule has 0 radical (unpaired) electrons. The van der Waals surface area contributed by atoms with Crippen molar-refractivity contribution in [3.8, 4) is 5.75 Å². The van der Waals surface area contributed by atoms with Gasteiger partial charge in [0.05, 0.1) is 18.1 Å². The Morgan fingerprint density at radius 2 is 1.60 bits per heavy atom. The Labute approximate surface area is 254 Å². The molecule has 0 aromatic heterocycles. The predicted octanol–water partition coefficient (Wildman–Crippen LogP) is 2.92. The number of halogens is 2. The highest BCUT2D eigenvalue weighted by Crippen LogP contribution is 2.46. The highest BCUT2D eigenvalue weighted by atomic mass is 127. The molecule has 3 aromatic carbocycles. The van der Waals surface area contributed by atoms with Gasteiger partial charge in [-0.3, -0.25) is 4.79 Å². The molecule has 1 amide bonds. The highest BCUT2D eigenvalue weighted by Gasteiger charge is 2.49. The quantitative estimate of drug-likeness (QED) is 0.168. The summed E-state index contributed by atoms with van der Waals surface area (Å²) in [7, 11) is 0. The zero-order chi connectivity index (χ0) is 30.1. The molecule has 8 atom stereocenters. The summed E-state index contributed by atoms with van der Waals surface area (Å²) in [6.45, 7) is 0. The van der Waals surface area contributed by atoms with Gasteiger partial charge in [0.1, 0.15) is 29.9 Å². The first-order valence-corrected chi connectivity index (χ1v) is 14.3. The molecule has 8 unspecified atom stereocenters. The van der Waals surface area contributed by atoms with Crippen molar-refractivity contribution in [3.05, 3.63) is 93.3 Å². The van der Waals surface area contributed by atoms with Crippen LogP contribution in [0.25, 0.3) is 0 Å². The molecule has 12 heteroatoms. The van der Waals surface area contributed by atoms with E-state index < -0.39 is 54.5 Å². The first kappa shape index (κ1) is 30.3. The van der Waals surface area contributed by atoms with Crippen LogP contribution in [0.4, 0.5) is 10.1 Å². The Morgan fingerprint density at radius 1 is 0.952 bits per heavy atom. The lowest BCUT2D eigenvalue weighted by molar-refractivity contribution is -0.271. The number of carbonyl (C=O) groups excluding carboxylic acids is 1. The van der Waals surface area contributed by atoms with E-state index in [1.165, 1.54) is 24.3 Å². The first-order valence-electron chi connectivity index (χ1n) is 13.3. The lowest BCUT2D eigenvalue weighted by Crippen LogP contribution is -2.61. The van der Waals surface area contributed by atoms with Crippen LogP contribution in [0.5, 0.6) is 5.75 Å². The van der Waals surface area contributed by atoms with Crippen LogP contribution in [0.15, 0.2) is 72.8 Å². The maximum Gasteiger partial charge on any atom is 0.335 e. The molecule has 2 aliphatic rings. The van der Waals surface area contributed by atoms with Crippen molar-refractivity contribution >= 4 is 40.2 Å². The maximum absolute atomic E-state index is 13.4. The van der Waals surface area contributed by atoms with Crippen molar-refractivity contribution in [2.45, 2.75) is 55.7 Å². The van der Waals surface area contributed by atoms with Gasteiger partial charge in [-0.05, 0) is 95.1 Å². The van der Waals surface area contributed by atoms with Gasteiger partial charge < -0.3 is 39.9 Å². The molecule has 0 bridgehead atoms. The summed E-state index contributed by atoms with van der Waals surface area (Å²) in [6, 6.07) is 19.3. The Hall–Kier alpha value is -3.14. The van der Waals surface area contributed by atoms with Gasteiger partial charge in [-0.2, -0.15) is 0 Å². The number of carboxylic acids is 1. The number of anilines is 1. The SMILES string of the molecule is O=C(O)C1OC(Oc2ccc(C3C(CCC(O)c4ccc(F)cc4)C(=O)N3c3ccc(I)cc3)cc2)C(O)C(O)C1O. The predicted molar refractivity (Wildman–Crippen MR) is 155 cm³/mol. The molecule has 42 heavy (non-hydrogen) atoms. The topological polar surface area (TPSA) is 157 Å². The average Bonchev–Trinajstić information content (AvgIpc) is 2.97. The van der Waals surface area contributed by atoms with Gasteiger partial charge in [0.15, 0.2) is 6.10 Å². The number of aliphatic carboxylic acids is 1. The molecule has 3 aromatic rings. The molecule has 2 heterocycles. The fraction of sp³-hybridized carbons (Fsp3) is 0.333. The van der Waals surface area contributed by atoms with E-state index in [-0.39, 0.29) is 24.1 Å². The van der Waals surface area contributed by atoms with Crippen LogP contribution in [-0.2, 0) is 14.3 Å². The number of carbonyl (C=O) groups is 2. The molecule has 10 nitrogen and oxygen atoms in total. The fourth-order valence-corrected chi connectivity index (χ4v) is 5.68. The lowest BCUT2D eigenvalue weighted by Gasteiger charge is -2.48. The summed E-state index contributed by atoms with van der Waals surface area (Å²) in [6.07, 6.45) is -8.87. The van der Waals surface area contributed by atoms with Crippen LogP contribution in [0.3, 0.4) is 0 Å². The third-order valence-electron chi connectivity index (χ3n) is 7.61. The molecule has 0 saturated carbocycles. The summed E-state index contributed by atoms with van der Waals surface area (Å²) < 4.78 is 25.1. The van der Waals surface area contributed by atoms with Crippen molar-refractivity contribution in [3.63, 3.8) is 0 Å². The van der Waals surface area contributed by atoms with Gasteiger partial charge in [0.25, 0.3) is 0 Å². The van der Waals surface area contributed by atoms with Gasteiger partial charge in [0.2, 0.25) is 12.2 Å². The Bertz CT molecular complexity index is 1410. The third-order valence-corrected chi connectivity index (χ3v) is 8.33. The fourth-order valence-electron chi connectivity index (χ4n) is 5.32. The summed E-state index contributed by atoms with van der Waals surface area (Å²) in [4.78, 5) is 26.4. The summed E-state index contributed by atoms with van der Waals surface area (Å²) in [5.74, 6) is -2.26. The maximum atomic E-state index is 13.4. The Kier molecular flexibility index (Phi) is 9.11. The normalized spacial score (nSPS) is 28.2. The number of benzene rings is 3. The van der Waals surface area contributed by atoms with Gasteiger partial charge in [0, 0.05) is 9.26 Å². The standard InChI is InChI=1S/C30H29FINO9/c31-17-5-1-15(2-6-17)22(34)14-13-21-23(33(28(21)38)19-9-7-18(32)8-10-19)16-3-11-20(12-4-16)41-30-26(37)24(35)25(36)27(42-30)29(39)40/h1-12,21-27,30,34-37H,13-14H2,(H,39,40). The minimum atomic E-state index is -1.83. The minimum Gasteiger partial charge on any atom is -0.479 e. The van der Waals surface area contributed by atoms with Crippen molar-refractivity contribution < 1.29 is 49.0 Å². The van der Waals surface area contributed by atoms with E-state index in [0.29, 0.717) is 17.7 Å². The van der Waals surface area contributed by atoms with Gasteiger partial charge in [-0.1, -0.05) is 24.3 Å².